The summed E-state index contributed by atoms with van der Waals surface area (Å²) in [7, 11) is 0. The lowest BCUT2D eigenvalue weighted by Gasteiger charge is -2.27. The third-order valence-corrected chi connectivity index (χ3v) is 3.80. The Bertz CT molecular complexity index is 569. The highest BCUT2D eigenvalue weighted by Gasteiger charge is 2.35. The lowest BCUT2D eigenvalue weighted by molar-refractivity contribution is -0.147. The topological polar surface area (TPSA) is 104 Å². The van der Waals surface area contributed by atoms with Gasteiger partial charge in [-0.05, 0) is 31.0 Å². The zero-order valence-corrected chi connectivity index (χ0v) is 11.4. The summed E-state index contributed by atoms with van der Waals surface area (Å²) >= 11 is 0. The molecule has 6 nitrogen and oxygen atoms in total. The molecule has 1 aromatic rings. The second-order valence-corrected chi connectivity index (χ2v) is 5.21. The number of carbonyl (C=O) groups is 3. The molecule has 3 N–H and O–H groups in total. The predicted octanol–water partition coefficient (Wildman–Crippen LogP) is 2.21. The molecule has 1 aromatic carbocycles. The van der Waals surface area contributed by atoms with Crippen LogP contribution in [0, 0.1) is 11.8 Å². The van der Waals surface area contributed by atoms with Crippen LogP contribution in [0.4, 0.5) is 5.69 Å². The lowest BCUT2D eigenvalue weighted by Crippen LogP contribution is -2.36. The van der Waals surface area contributed by atoms with Crippen molar-refractivity contribution in [2.24, 2.45) is 11.8 Å². The maximum Gasteiger partial charge on any atom is 0.335 e. The van der Waals surface area contributed by atoms with Crippen molar-refractivity contribution in [3.05, 3.63) is 29.8 Å². The van der Waals surface area contributed by atoms with E-state index in [0.717, 1.165) is 12.8 Å². The minimum atomic E-state index is -1.08. The molecule has 6 heteroatoms. The van der Waals surface area contributed by atoms with Gasteiger partial charge in [0.15, 0.2) is 0 Å². The van der Waals surface area contributed by atoms with Crippen LogP contribution in [0.25, 0.3) is 0 Å². The van der Waals surface area contributed by atoms with Gasteiger partial charge in [-0.2, -0.15) is 0 Å². The minimum absolute atomic E-state index is 0.0752. The molecule has 0 aliphatic heterocycles. The van der Waals surface area contributed by atoms with E-state index in [9.17, 15) is 19.5 Å². The van der Waals surface area contributed by atoms with Crippen LogP contribution in [0.2, 0.25) is 0 Å². The number of anilines is 1. The molecule has 1 amide bonds. The van der Waals surface area contributed by atoms with E-state index in [1.807, 2.05) is 0 Å². The molecule has 1 saturated carbocycles. The van der Waals surface area contributed by atoms with Crippen LogP contribution >= 0.6 is 0 Å². The molecular formula is C15H17NO5. The normalized spacial score (nSPS) is 21.5. The number of rotatable bonds is 4. The second kappa shape index (κ2) is 6.39. The first kappa shape index (κ1) is 15.0. The highest BCUT2D eigenvalue weighted by molar-refractivity contribution is 5.96. The molecular weight excluding hydrogens is 274 g/mol. The van der Waals surface area contributed by atoms with Crippen LogP contribution in [0.5, 0.6) is 0 Å². The van der Waals surface area contributed by atoms with Gasteiger partial charge >= 0.3 is 11.9 Å². The zero-order chi connectivity index (χ0) is 15.4. The summed E-state index contributed by atoms with van der Waals surface area (Å²) < 4.78 is 0. The minimum Gasteiger partial charge on any atom is -0.481 e. The summed E-state index contributed by atoms with van der Waals surface area (Å²) in [4.78, 5) is 34.3. The molecule has 1 aliphatic rings. The smallest absolute Gasteiger partial charge is 0.335 e. The average Bonchev–Trinajstić information content (AvgIpc) is 2.47. The number of nitrogens with one attached hydrogen (secondary N) is 1. The Labute approximate surface area is 121 Å². The van der Waals surface area contributed by atoms with Crippen molar-refractivity contribution in [3.8, 4) is 0 Å². The number of aliphatic carboxylic acids is 1. The Hall–Kier alpha value is -2.37. The first-order valence-corrected chi connectivity index (χ1v) is 6.86. The van der Waals surface area contributed by atoms with Crippen molar-refractivity contribution < 1.29 is 24.6 Å². The first-order chi connectivity index (χ1) is 9.99. The van der Waals surface area contributed by atoms with Crippen molar-refractivity contribution in [1.82, 2.24) is 0 Å². The van der Waals surface area contributed by atoms with Gasteiger partial charge in [-0.1, -0.05) is 18.9 Å². The maximum atomic E-state index is 12.2. The quantitative estimate of drug-likeness (QED) is 0.789. The molecule has 1 aliphatic carbocycles. The van der Waals surface area contributed by atoms with Crippen LogP contribution < -0.4 is 5.32 Å². The standard InChI is InChI=1S/C15H17NO5/c17-13(11-6-1-2-7-12(11)15(20)21)16-10-5-3-4-9(8-10)14(18)19/h3-5,8,11-12H,1-2,6-7H2,(H,16,17)(H,18,19)(H,20,21)/t11-,12-/m1/s1. The molecule has 2 rings (SSSR count). The fourth-order valence-electron chi connectivity index (χ4n) is 2.71. The van der Waals surface area contributed by atoms with E-state index in [4.69, 9.17) is 5.11 Å². The van der Waals surface area contributed by atoms with Crippen LogP contribution in [-0.2, 0) is 9.59 Å². The van der Waals surface area contributed by atoms with Crippen molar-refractivity contribution in [1.29, 1.82) is 0 Å². The van der Waals surface area contributed by atoms with Gasteiger partial charge in [0.1, 0.15) is 0 Å². The fraction of sp³-hybridized carbons (Fsp3) is 0.400. The van der Waals surface area contributed by atoms with Crippen molar-refractivity contribution in [2.75, 3.05) is 5.32 Å². The van der Waals surface area contributed by atoms with Crippen molar-refractivity contribution in [2.45, 2.75) is 25.7 Å². The average molecular weight is 291 g/mol. The number of benzene rings is 1. The molecule has 112 valence electrons. The Kier molecular flexibility index (Phi) is 4.57. The monoisotopic (exact) mass is 291 g/mol. The van der Waals surface area contributed by atoms with Gasteiger partial charge in [0.25, 0.3) is 0 Å². The molecule has 0 unspecified atom stereocenters. The number of hydrogen-bond donors (Lipinski definition) is 3. The highest BCUT2D eigenvalue weighted by atomic mass is 16.4. The van der Waals surface area contributed by atoms with E-state index >= 15 is 0 Å². The Morgan fingerprint density at radius 1 is 1.05 bits per heavy atom. The molecule has 1 fully saturated rings. The molecule has 0 aromatic heterocycles. The third kappa shape index (κ3) is 3.59. The Morgan fingerprint density at radius 3 is 2.33 bits per heavy atom. The van der Waals surface area contributed by atoms with E-state index in [-0.39, 0.29) is 11.5 Å². The maximum absolute atomic E-state index is 12.2. The van der Waals surface area contributed by atoms with E-state index in [2.05, 4.69) is 5.32 Å². The van der Waals surface area contributed by atoms with E-state index in [1.54, 1.807) is 6.07 Å². The Morgan fingerprint density at radius 2 is 1.71 bits per heavy atom. The molecule has 2 atom stereocenters. The van der Waals surface area contributed by atoms with Crippen LogP contribution in [0.3, 0.4) is 0 Å². The number of aromatic carboxylic acids is 1. The van der Waals surface area contributed by atoms with Gasteiger partial charge in [-0.15, -0.1) is 0 Å². The van der Waals surface area contributed by atoms with Gasteiger partial charge in [0.05, 0.1) is 17.4 Å². The predicted molar refractivity (Wildman–Crippen MR) is 75.1 cm³/mol. The highest BCUT2D eigenvalue weighted by Crippen LogP contribution is 2.31. The van der Waals surface area contributed by atoms with Crippen LogP contribution in [0.1, 0.15) is 36.0 Å². The van der Waals surface area contributed by atoms with Gasteiger partial charge < -0.3 is 15.5 Å². The molecule has 0 spiro atoms. The largest absolute Gasteiger partial charge is 0.481 e. The lowest BCUT2D eigenvalue weighted by atomic mass is 9.78. The Balaban J connectivity index is 2.11. The second-order valence-electron chi connectivity index (χ2n) is 5.21. The fourth-order valence-corrected chi connectivity index (χ4v) is 2.71. The molecule has 0 radical (unpaired) electrons. The molecule has 0 heterocycles. The van der Waals surface area contributed by atoms with Crippen molar-refractivity contribution in [3.63, 3.8) is 0 Å². The first-order valence-electron chi connectivity index (χ1n) is 6.86. The van der Waals surface area contributed by atoms with Crippen molar-refractivity contribution >= 4 is 23.5 Å². The molecule has 21 heavy (non-hydrogen) atoms. The zero-order valence-electron chi connectivity index (χ0n) is 11.4. The van der Waals surface area contributed by atoms with Gasteiger partial charge in [-0.25, -0.2) is 4.79 Å². The molecule has 0 bridgehead atoms. The summed E-state index contributed by atoms with van der Waals surface area (Å²) in [5.74, 6) is -3.61. The number of carboxylic acids is 2. The summed E-state index contributed by atoms with van der Waals surface area (Å²) in [5.41, 5.74) is 0.445. The van der Waals surface area contributed by atoms with E-state index < -0.39 is 23.8 Å². The van der Waals surface area contributed by atoms with Gasteiger partial charge in [0.2, 0.25) is 5.91 Å². The van der Waals surface area contributed by atoms with Crippen LogP contribution in [0.15, 0.2) is 24.3 Å². The van der Waals surface area contributed by atoms with Crippen LogP contribution in [-0.4, -0.2) is 28.1 Å². The number of amides is 1. The summed E-state index contributed by atoms with van der Waals surface area (Å²) in [6.07, 6.45) is 2.69. The SMILES string of the molecule is O=C(O)c1cccc(NC(=O)[C@@H]2CCCC[C@H]2C(=O)O)c1. The number of carbonyl (C=O) groups excluding carboxylic acids is 1. The van der Waals surface area contributed by atoms with Gasteiger partial charge in [0, 0.05) is 5.69 Å². The van der Waals surface area contributed by atoms with E-state index in [0.29, 0.717) is 18.5 Å². The molecule has 0 saturated heterocycles. The number of carboxylic acid groups (broad SMARTS) is 2. The van der Waals surface area contributed by atoms with Gasteiger partial charge in [-0.3, -0.25) is 9.59 Å². The summed E-state index contributed by atoms with van der Waals surface area (Å²) in [6, 6.07) is 5.91. The summed E-state index contributed by atoms with van der Waals surface area (Å²) in [5, 5.41) is 20.7. The third-order valence-electron chi connectivity index (χ3n) is 3.80. The van der Waals surface area contributed by atoms with E-state index in [1.165, 1.54) is 18.2 Å². The number of hydrogen-bond acceptors (Lipinski definition) is 3. The summed E-state index contributed by atoms with van der Waals surface area (Å²) in [6.45, 7) is 0.